The van der Waals surface area contributed by atoms with Crippen LogP contribution in [0.25, 0.3) is 0 Å². The predicted molar refractivity (Wildman–Crippen MR) is 70.3 cm³/mol. The zero-order valence-corrected chi connectivity index (χ0v) is 10.7. The Labute approximate surface area is 102 Å². The van der Waals surface area contributed by atoms with Gasteiger partial charge in [0.15, 0.2) is 0 Å². The summed E-state index contributed by atoms with van der Waals surface area (Å²) in [5, 5.41) is 0.654. The molecule has 0 aliphatic rings. The molecule has 86 valence electrons. The number of rotatable bonds is 4. The zero-order valence-electron chi connectivity index (χ0n) is 9.96. The van der Waals surface area contributed by atoms with Crippen molar-refractivity contribution in [2.75, 3.05) is 7.11 Å². The SMILES string of the molecule is C/C=C/C=C(\C)Cc1ccc(Cl)c(OC)c1. The summed E-state index contributed by atoms with van der Waals surface area (Å²) < 4.78 is 5.18. The third-order valence-corrected chi connectivity index (χ3v) is 2.58. The van der Waals surface area contributed by atoms with E-state index in [1.165, 1.54) is 11.1 Å². The second-order valence-corrected chi connectivity index (χ2v) is 4.09. The van der Waals surface area contributed by atoms with Crippen LogP contribution in [-0.4, -0.2) is 7.11 Å². The lowest BCUT2D eigenvalue weighted by Crippen LogP contribution is -1.90. The van der Waals surface area contributed by atoms with Crippen LogP contribution in [0.4, 0.5) is 0 Å². The van der Waals surface area contributed by atoms with Crippen LogP contribution in [0.3, 0.4) is 0 Å². The Hall–Kier alpha value is -1.21. The van der Waals surface area contributed by atoms with Gasteiger partial charge in [0.25, 0.3) is 0 Å². The maximum atomic E-state index is 5.97. The van der Waals surface area contributed by atoms with Gasteiger partial charge in [0.2, 0.25) is 0 Å². The van der Waals surface area contributed by atoms with Crippen molar-refractivity contribution < 1.29 is 4.74 Å². The van der Waals surface area contributed by atoms with E-state index in [-0.39, 0.29) is 0 Å². The predicted octanol–water partition coefficient (Wildman–Crippen LogP) is 4.41. The normalized spacial score (nSPS) is 12.1. The highest BCUT2D eigenvalue weighted by molar-refractivity contribution is 6.32. The van der Waals surface area contributed by atoms with E-state index < -0.39 is 0 Å². The smallest absolute Gasteiger partial charge is 0.137 e. The molecule has 1 aromatic rings. The van der Waals surface area contributed by atoms with Crippen molar-refractivity contribution in [3.05, 3.63) is 52.6 Å². The summed E-state index contributed by atoms with van der Waals surface area (Å²) in [7, 11) is 1.63. The maximum absolute atomic E-state index is 5.97. The van der Waals surface area contributed by atoms with Gasteiger partial charge < -0.3 is 4.74 Å². The fourth-order valence-corrected chi connectivity index (χ4v) is 1.65. The molecule has 1 aromatic carbocycles. The van der Waals surface area contributed by atoms with Crippen molar-refractivity contribution >= 4 is 11.6 Å². The highest BCUT2D eigenvalue weighted by Crippen LogP contribution is 2.25. The Morgan fingerprint density at radius 2 is 2.19 bits per heavy atom. The molecule has 0 radical (unpaired) electrons. The van der Waals surface area contributed by atoms with E-state index in [4.69, 9.17) is 16.3 Å². The quantitative estimate of drug-likeness (QED) is 0.704. The summed E-state index contributed by atoms with van der Waals surface area (Å²) >= 11 is 5.97. The molecule has 0 unspecified atom stereocenters. The van der Waals surface area contributed by atoms with Crippen molar-refractivity contribution in [1.29, 1.82) is 0 Å². The Kier molecular flexibility index (Phi) is 5.13. The van der Waals surface area contributed by atoms with Gasteiger partial charge in [-0.15, -0.1) is 0 Å². The summed E-state index contributed by atoms with van der Waals surface area (Å²) in [5.41, 5.74) is 2.52. The molecule has 0 aromatic heterocycles. The Balaban J connectivity index is 2.82. The van der Waals surface area contributed by atoms with Crippen LogP contribution in [0, 0.1) is 0 Å². The van der Waals surface area contributed by atoms with Gasteiger partial charge in [-0.2, -0.15) is 0 Å². The van der Waals surface area contributed by atoms with Crippen LogP contribution in [-0.2, 0) is 6.42 Å². The summed E-state index contributed by atoms with van der Waals surface area (Å²) in [6.45, 7) is 4.12. The Morgan fingerprint density at radius 1 is 1.44 bits per heavy atom. The Bertz CT molecular complexity index is 405. The highest BCUT2D eigenvalue weighted by atomic mass is 35.5. The molecular formula is C14H17ClO. The lowest BCUT2D eigenvalue weighted by Gasteiger charge is -2.06. The van der Waals surface area contributed by atoms with Crippen LogP contribution in [0.1, 0.15) is 19.4 Å². The van der Waals surface area contributed by atoms with Gasteiger partial charge in [0.1, 0.15) is 5.75 Å². The molecule has 0 bridgehead atoms. The minimum Gasteiger partial charge on any atom is -0.495 e. The van der Waals surface area contributed by atoms with Gasteiger partial charge in [-0.3, -0.25) is 0 Å². The number of methoxy groups -OCH3 is 1. The van der Waals surface area contributed by atoms with Crippen molar-refractivity contribution in [3.63, 3.8) is 0 Å². The molecule has 0 atom stereocenters. The van der Waals surface area contributed by atoms with Gasteiger partial charge in [-0.25, -0.2) is 0 Å². The molecule has 0 heterocycles. The Morgan fingerprint density at radius 3 is 2.81 bits per heavy atom. The number of allylic oxidation sites excluding steroid dienone is 4. The van der Waals surface area contributed by atoms with E-state index in [9.17, 15) is 0 Å². The third-order valence-electron chi connectivity index (χ3n) is 2.27. The van der Waals surface area contributed by atoms with Crippen molar-refractivity contribution in [2.45, 2.75) is 20.3 Å². The summed E-state index contributed by atoms with van der Waals surface area (Å²) in [5.74, 6) is 0.734. The van der Waals surface area contributed by atoms with Gasteiger partial charge in [0, 0.05) is 0 Å². The molecule has 0 aliphatic heterocycles. The molecule has 2 heteroatoms. The molecule has 1 nitrogen and oxygen atoms in total. The molecular weight excluding hydrogens is 220 g/mol. The first kappa shape index (κ1) is 12.9. The monoisotopic (exact) mass is 236 g/mol. The first-order valence-corrected chi connectivity index (χ1v) is 5.66. The number of hydrogen-bond donors (Lipinski definition) is 0. The molecule has 0 N–H and O–H groups in total. The van der Waals surface area contributed by atoms with E-state index in [0.29, 0.717) is 5.02 Å². The first-order chi connectivity index (χ1) is 7.67. The van der Waals surface area contributed by atoms with Crippen molar-refractivity contribution in [2.24, 2.45) is 0 Å². The minimum atomic E-state index is 0.654. The van der Waals surface area contributed by atoms with Gasteiger partial charge in [-0.1, -0.05) is 41.5 Å². The van der Waals surface area contributed by atoms with Gasteiger partial charge in [-0.05, 0) is 38.0 Å². The van der Waals surface area contributed by atoms with Crippen molar-refractivity contribution in [1.82, 2.24) is 0 Å². The second kappa shape index (κ2) is 6.39. The molecule has 0 amide bonds. The topological polar surface area (TPSA) is 9.23 Å². The molecule has 1 rings (SSSR count). The standard InChI is InChI=1S/C14H17ClO/c1-4-5-6-11(2)9-12-7-8-13(15)14(10-12)16-3/h4-8,10H,9H2,1-3H3/b5-4+,11-6+. The van der Waals surface area contributed by atoms with Crippen LogP contribution in [0.15, 0.2) is 42.0 Å². The summed E-state index contributed by atoms with van der Waals surface area (Å²) in [6.07, 6.45) is 7.09. The molecule has 0 spiro atoms. The largest absolute Gasteiger partial charge is 0.495 e. The maximum Gasteiger partial charge on any atom is 0.137 e. The molecule has 0 saturated carbocycles. The number of ether oxygens (including phenoxy) is 1. The molecule has 16 heavy (non-hydrogen) atoms. The summed E-state index contributed by atoms with van der Waals surface area (Å²) in [4.78, 5) is 0. The molecule has 0 fully saturated rings. The summed E-state index contributed by atoms with van der Waals surface area (Å²) in [6, 6.07) is 5.88. The van der Waals surface area contributed by atoms with Crippen LogP contribution >= 0.6 is 11.6 Å². The second-order valence-electron chi connectivity index (χ2n) is 3.68. The first-order valence-electron chi connectivity index (χ1n) is 5.28. The lowest BCUT2D eigenvalue weighted by molar-refractivity contribution is 0.414. The highest BCUT2D eigenvalue weighted by Gasteiger charge is 2.02. The van der Waals surface area contributed by atoms with E-state index in [0.717, 1.165) is 12.2 Å². The fourth-order valence-electron chi connectivity index (χ4n) is 1.46. The fraction of sp³-hybridized carbons (Fsp3) is 0.286. The zero-order chi connectivity index (χ0) is 12.0. The molecule has 0 aliphatic carbocycles. The number of hydrogen-bond acceptors (Lipinski definition) is 1. The van der Waals surface area contributed by atoms with Crippen LogP contribution in [0.5, 0.6) is 5.75 Å². The van der Waals surface area contributed by atoms with Crippen molar-refractivity contribution in [3.8, 4) is 5.75 Å². The van der Waals surface area contributed by atoms with E-state index in [2.05, 4.69) is 13.0 Å². The van der Waals surface area contributed by atoms with E-state index in [1.807, 2.05) is 37.3 Å². The average Bonchev–Trinajstić information content (AvgIpc) is 2.29. The van der Waals surface area contributed by atoms with E-state index >= 15 is 0 Å². The lowest BCUT2D eigenvalue weighted by atomic mass is 10.1. The molecule has 0 saturated heterocycles. The average molecular weight is 237 g/mol. The van der Waals surface area contributed by atoms with Crippen LogP contribution in [0.2, 0.25) is 5.02 Å². The minimum absolute atomic E-state index is 0.654. The third kappa shape index (κ3) is 3.74. The van der Waals surface area contributed by atoms with E-state index in [1.54, 1.807) is 7.11 Å². The van der Waals surface area contributed by atoms with Crippen LogP contribution < -0.4 is 4.74 Å². The number of halogens is 1. The number of benzene rings is 1. The van der Waals surface area contributed by atoms with Gasteiger partial charge in [0.05, 0.1) is 12.1 Å². The van der Waals surface area contributed by atoms with Gasteiger partial charge >= 0.3 is 0 Å².